The fraction of sp³-hybridized carbons (Fsp3) is 0.450. The molecule has 3 nitrogen and oxygen atoms in total. The number of carbonyl (C=O) groups is 1. The first-order chi connectivity index (χ1) is 11.0. The predicted molar refractivity (Wildman–Crippen MR) is 101 cm³/mol. The highest BCUT2D eigenvalue weighted by molar-refractivity contribution is 6.09. The van der Waals surface area contributed by atoms with Gasteiger partial charge >= 0.3 is 0 Å². The summed E-state index contributed by atoms with van der Waals surface area (Å²) in [6.07, 6.45) is 3.06. The first kappa shape index (κ1) is 17.2. The summed E-state index contributed by atoms with van der Waals surface area (Å²) >= 11 is 0. The minimum absolute atomic E-state index is 0. The summed E-state index contributed by atoms with van der Waals surface area (Å²) in [5.74, 6) is 0.153. The van der Waals surface area contributed by atoms with Crippen molar-refractivity contribution in [1.82, 2.24) is 4.90 Å². The summed E-state index contributed by atoms with van der Waals surface area (Å²) < 4.78 is 0. The van der Waals surface area contributed by atoms with E-state index >= 15 is 0 Å². The van der Waals surface area contributed by atoms with Crippen molar-refractivity contribution in [2.75, 3.05) is 13.1 Å². The van der Waals surface area contributed by atoms with Crippen LogP contribution >= 0.6 is 12.4 Å². The second kappa shape index (κ2) is 6.05. The zero-order chi connectivity index (χ0) is 16.2. The first-order valence-corrected chi connectivity index (χ1v) is 8.56. The maximum Gasteiger partial charge on any atom is 0.254 e. The number of nitrogens with two attached hydrogens (primary N) is 1. The molecule has 0 bridgehead atoms. The minimum atomic E-state index is -0.0250. The van der Waals surface area contributed by atoms with E-state index in [2.05, 4.69) is 38.1 Å². The van der Waals surface area contributed by atoms with E-state index in [0.29, 0.717) is 0 Å². The normalized spacial score (nSPS) is 21.6. The van der Waals surface area contributed by atoms with Crippen LogP contribution in [0.4, 0.5) is 0 Å². The summed E-state index contributed by atoms with van der Waals surface area (Å²) in [6.45, 7) is 5.80. The number of likely N-dealkylation sites (tertiary alicyclic amines) is 1. The average molecular weight is 345 g/mol. The van der Waals surface area contributed by atoms with E-state index in [0.717, 1.165) is 43.3 Å². The predicted octanol–water partition coefficient (Wildman–Crippen LogP) is 3.56. The Kier molecular flexibility index (Phi) is 4.35. The van der Waals surface area contributed by atoms with Gasteiger partial charge in [0.05, 0.1) is 0 Å². The molecule has 24 heavy (non-hydrogen) atoms. The topological polar surface area (TPSA) is 46.3 Å². The van der Waals surface area contributed by atoms with Gasteiger partial charge in [-0.05, 0) is 52.6 Å². The zero-order valence-corrected chi connectivity index (χ0v) is 15.2. The molecule has 1 atom stereocenters. The van der Waals surface area contributed by atoms with Crippen molar-refractivity contribution < 1.29 is 4.79 Å². The molecule has 1 amide bonds. The van der Waals surface area contributed by atoms with Gasteiger partial charge in [0.25, 0.3) is 5.91 Å². The van der Waals surface area contributed by atoms with Crippen LogP contribution in [0.25, 0.3) is 10.8 Å². The number of amides is 1. The number of hydrogen-bond acceptors (Lipinski definition) is 2. The number of halogens is 1. The molecule has 1 fully saturated rings. The van der Waals surface area contributed by atoms with Crippen molar-refractivity contribution in [3.05, 3.63) is 47.0 Å². The Hall–Kier alpha value is -1.58. The molecule has 2 N–H and O–H groups in total. The highest BCUT2D eigenvalue weighted by Crippen LogP contribution is 2.34. The molecule has 0 aromatic heterocycles. The maximum atomic E-state index is 13.1. The van der Waals surface area contributed by atoms with E-state index in [-0.39, 0.29) is 29.8 Å². The Morgan fingerprint density at radius 1 is 1.17 bits per heavy atom. The fourth-order valence-corrected chi connectivity index (χ4v) is 4.15. The van der Waals surface area contributed by atoms with Crippen LogP contribution in [0.5, 0.6) is 0 Å². The van der Waals surface area contributed by atoms with Crippen LogP contribution in [-0.4, -0.2) is 29.9 Å². The van der Waals surface area contributed by atoms with Crippen molar-refractivity contribution in [2.24, 2.45) is 11.1 Å². The van der Waals surface area contributed by atoms with Gasteiger partial charge in [0.2, 0.25) is 0 Å². The fourth-order valence-electron chi connectivity index (χ4n) is 4.15. The molecule has 1 saturated heterocycles. The van der Waals surface area contributed by atoms with Crippen LogP contribution in [0.2, 0.25) is 0 Å². The molecule has 4 heteroatoms. The van der Waals surface area contributed by atoms with E-state index in [9.17, 15) is 4.79 Å². The van der Waals surface area contributed by atoms with Crippen LogP contribution in [0, 0.1) is 5.41 Å². The molecule has 0 spiro atoms. The molecule has 128 valence electrons. The second-order valence-electron chi connectivity index (χ2n) is 7.72. The summed E-state index contributed by atoms with van der Waals surface area (Å²) in [4.78, 5) is 15.1. The van der Waals surface area contributed by atoms with Crippen molar-refractivity contribution in [3.63, 3.8) is 0 Å². The Morgan fingerprint density at radius 3 is 2.58 bits per heavy atom. The Labute approximate surface area is 149 Å². The average Bonchev–Trinajstić information content (AvgIpc) is 2.95. The third-order valence-corrected chi connectivity index (χ3v) is 5.71. The van der Waals surface area contributed by atoms with Gasteiger partial charge in [0.1, 0.15) is 0 Å². The lowest BCUT2D eigenvalue weighted by molar-refractivity contribution is 0.0535. The highest BCUT2D eigenvalue weighted by Gasteiger charge is 2.36. The molecule has 2 aliphatic rings. The molecule has 1 aliphatic carbocycles. The smallest absolute Gasteiger partial charge is 0.254 e. The minimum Gasteiger partial charge on any atom is -0.338 e. The molecule has 0 saturated carbocycles. The third kappa shape index (κ3) is 2.60. The van der Waals surface area contributed by atoms with Gasteiger partial charge in [-0.3, -0.25) is 4.79 Å². The summed E-state index contributed by atoms with van der Waals surface area (Å²) in [6, 6.07) is 10.7. The number of hydrogen-bond donors (Lipinski definition) is 1. The van der Waals surface area contributed by atoms with Gasteiger partial charge < -0.3 is 10.6 Å². The number of nitrogens with zero attached hydrogens (tertiary/aromatic N) is 1. The summed E-state index contributed by atoms with van der Waals surface area (Å²) in [7, 11) is 0. The highest BCUT2D eigenvalue weighted by atomic mass is 35.5. The van der Waals surface area contributed by atoms with Gasteiger partial charge in [-0.1, -0.05) is 38.1 Å². The van der Waals surface area contributed by atoms with Crippen molar-refractivity contribution in [3.8, 4) is 0 Å². The lowest BCUT2D eigenvalue weighted by atomic mass is 9.79. The van der Waals surface area contributed by atoms with Gasteiger partial charge in [-0.15, -0.1) is 12.4 Å². The molecule has 4 rings (SSSR count). The molecule has 2 aromatic carbocycles. The monoisotopic (exact) mass is 344 g/mol. The largest absolute Gasteiger partial charge is 0.338 e. The number of aryl methyl sites for hydroxylation is 2. The van der Waals surface area contributed by atoms with Crippen LogP contribution in [0.1, 0.15) is 41.8 Å². The maximum absolute atomic E-state index is 13.1. The number of piperidine rings is 1. The molecule has 0 radical (unpaired) electrons. The molecule has 1 unspecified atom stereocenters. The van der Waals surface area contributed by atoms with Crippen molar-refractivity contribution in [1.29, 1.82) is 0 Å². The van der Waals surface area contributed by atoms with Crippen molar-refractivity contribution in [2.45, 2.75) is 39.2 Å². The van der Waals surface area contributed by atoms with Crippen LogP contribution < -0.4 is 5.73 Å². The lowest BCUT2D eigenvalue weighted by Crippen LogP contribution is -2.54. The van der Waals surface area contributed by atoms with E-state index in [1.165, 1.54) is 16.5 Å². The third-order valence-electron chi connectivity index (χ3n) is 5.71. The summed E-state index contributed by atoms with van der Waals surface area (Å²) in [5, 5.41) is 2.43. The Morgan fingerprint density at radius 2 is 1.88 bits per heavy atom. The van der Waals surface area contributed by atoms with E-state index in [1.54, 1.807) is 0 Å². The van der Waals surface area contributed by atoms with E-state index in [4.69, 9.17) is 5.73 Å². The Bertz CT molecular complexity index is 789. The second-order valence-corrected chi connectivity index (χ2v) is 7.72. The number of benzene rings is 2. The molecular weight excluding hydrogens is 320 g/mol. The summed E-state index contributed by atoms with van der Waals surface area (Å²) in [5.41, 5.74) is 9.80. The van der Waals surface area contributed by atoms with Gasteiger partial charge in [-0.25, -0.2) is 0 Å². The number of rotatable bonds is 1. The molecular formula is C20H25ClN2O. The van der Waals surface area contributed by atoms with Gasteiger partial charge in [0, 0.05) is 24.7 Å². The quantitative estimate of drug-likeness (QED) is 0.859. The first-order valence-electron chi connectivity index (χ1n) is 8.56. The van der Waals surface area contributed by atoms with Crippen LogP contribution in [0.3, 0.4) is 0 Å². The Balaban J connectivity index is 0.00000169. The van der Waals surface area contributed by atoms with Crippen molar-refractivity contribution >= 4 is 29.1 Å². The number of carbonyl (C=O) groups excluding carboxylic acids is 1. The molecule has 1 aliphatic heterocycles. The standard InChI is InChI=1S/C20H24N2O.ClH/c1-20(2)12-22(11-10-17(20)21)19(23)16-9-8-14-7-6-13-4-3-5-15(16)18(13)14;/h3-5,8-9,17H,6-7,10-12,21H2,1-2H3;1H. The van der Waals surface area contributed by atoms with E-state index < -0.39 is 0 Å². The van der Waals surface area contributed by atoms with E-state index in [1.807, 2.05) is 11.0 Å². The zero-order valence-electron chi connectivity index (χ0n) is 14.3. The van der Waals surface area contributed by atoms with Crippen LogP contribution in [-0.2, 0) is 12.8 Å². The molecule has 1 heterocycles. The van der Waals surface area contributed by atoms with Gasteiger partial charge in [0.15, 0.2) is 0 Å². The van der Waals surface area contributed by atoms with Crippen LogP contribution in [0.15, 0.2) is 30.3 Å². The lowest BCUT2D eigenvalue weighted by Gasteiger charge is -2.42. The molecule has 2 aromatic rings. The van der Waals surface area contributed by atoms with Gasteiger partial charge in [-0.2, -0.15) is 0 Å². The SMILES string of the molecule is CC1(C)CN(C(=O)c2ccc3c4c(cccc24)CC3)CCC1N.Cl.